The van der Waals surface area contributed by atoms with E-state index in [0.29, 0.717) is 26.4 Å². The van der Waals surface area contributed by atoms with Crippen LogP contribution in [-0.2, 0) is 23.7 Å². The highest BCUT2D eigenvalue weighted by Crippen LogP contribution is 2.21. The minimum atomic E-state index is -1.45. The van der Waals surface area contributed by atoms with Gasteiger partial charge in [0, 0.05) is 0 Å². The monoisotopic (exact) mass is 350 g/mol. The molecule has 1 saturated heterocycles. The second-order valence-corrected chi connectivity index (χ2v) is 5.05. The van der Waals surface area contributed by atoms with E-state index in [1.54, 1.807) is 0 Å². The van der Waals surface area contributed by atoms with Crippen molar-refractivity contribution < 1.29 is 44.1 Å². The third-order valence-corrected chi connectivity index (χ3v) is 3.29. The van der Waals surface area contributed by atoms with Crippen LogP contribution in [0.1, 0.15) is 0 Å². The smallest absolute Gasteiger partial charge is 0.186 e. The van der Waals surface area contributed by atoms with Crippen LogP contribution in [-0.4, -0.2) is 104 Å². The molecule has 0 aliphatic carbocycles. The fourth-order valence-electron chi connectivity index (χ4n) is 2.00. The minimum absolute atomic E-state index is 0.105. The Bertz CT molecular complexity index is 357. The second kappa shape index (κ2) is 12.5. The summed E-state index contributed by atoms with van der Waals surface area (Å²) in [6, 6.07) is 0. The average Bonchev–Trinajstić information content (AvgIpc) is 2.59. The lowest BCUT2D eigenvalue weighted by Crippen LogP contribution is -2.59. The molecule has 0 bridgehead atoms. The van der Waals surface area contributed by atoms with Crippen LogP contribution in [0.2, 0.25) is 0 Å². The van der Waals surface area contributed by atoms with E-state index in [2.05, 4.69) is 5.92 Å². The van der Waals surface area contributed by atoms with Gasteiger partial charge in [-0.2, -0.15) is 0 Å². The Balaban J connectivity index is 2.03. The molecule has 9 heteroatoms. The molecular weight excluding hydrogens is 324 g/mol. The maximum atomic E-state index is 9.76. The molecule has 0 amide bonds. The van der Waals surface area contributed by atoms with Gasteiger partial charge in [-0.05, 0) is 0 Å². The van der Waals surface area contributed by atoms with E-state index < -0.39 is 37.3 Å². The molecular formula is C15H26O9. The molecule has 0 aromatic heterocycles. The Morgan fingerprint density at radius 1 is 0.833 bits per heavy atom. The topological polar surface area (TPSA) is 127 Å². The molecule has 140 valence electrons. The van der Waals surface area contributed by atoms with Crippen molar-refractivity contribution in [3.05, 3.63) is 0 Å². The van der Waals surface area contributed by atoms with Crippen LogP contribution >= 0.6 is 0 Å². The quantitative estimate of drug-likeness (QED) is 0.223. The van der Waals surface area contributed by atoms with Crippen molar-refractivity contribution in [1.82, 2.24) is 0 Å². The van der Waals surface area contributed by atoms with Gasteiger partial charge in [0.2, 0.25) is 0 Å². The largest absolute Gasteiger partial charge is 0.394 e. The summed E-state index contributed by atoms with van der Waals surface area (Å²) in [4.78, 5) is 0. The molecule has 0 spiro atoms. The van der Waals surface area contributed by atoms with E-state index in [0.717, 1.165) is 0 Å². The van der Waals surface area contributed by atoms with E-state index >= 15 is 0 Å². The molecule has 4 N–H and O–H groups in total. The number of hydrogen-bond donors (Lipinski definition) is 4. The summed E-state index contributed by atoms with van der Waals surface area (Å²) < 4.78 is 26.0. The molecule has 0 aromatic rings. The van der Waals surface area contributed by atoms with Gasteiger partial charge in [-0.25, -0.2) is 0 Å². The summed E-state index contributed by atoms with van der Waals surface area (Å²) >= 11 is 0. The highest BCUT2D eigenvalue weighted by molar-refractivity contribution is 4.88. The van der Waals surface area contributed by atoms with Crippen molar-refractivity contribution in [3.63, 3.8) is 0 Å². The summed E-state index contributed by atoms with van der Waals surface area (Å²) in [5.74, 6) is 2.35. The number of rotatable bonds is 12. The standard InChI is InChI=1S/C15H26O9/c1-2-3-20-4-5-21-6-7-22-8-9-23-15-14(19)13(18)12(17)11(10-16)24-15/h1,11-19H,3-10H2/t11-,12?,13-,14-,15?/m1/s1. The SMILES string of the molecule is C#CCOCCOCCOCCOC1O[C@H](CO)C(O)[C@@H](O)[C@H]1O. The Morgan fingerprint density at radius 3 is 2.00 bits per heavy atom. The summed E-state index contributed by atoms with van der Waals surface area (Å²) in [5.41, 5.74) is 0. The molecule has 1 rings (SSSR count). The zero-order valence-electron chi connectivity index (χ0n) is 13.5. The average molecular weight is 350 g/mol. The van der Waals surface area contributed by atoms with Crippen molar-refractivity contribution in [2.75, 3.05) is 52.9 Å². The first kappa shape index (κ1) is 21.2. The first-order valence-electron chi connectivity index (χ1n) is 7.70. The van der Waals surface area contributed by atoms with E-state index in [4.69, 9.17) is 35.2 Å². The van der Waals surface area contributed by atoms with Gasteiger partial charge in [0.05, 0.1) is 46.2 Å². The van der Waals surface area contributed by atoms with Crippen molar-refractivity contribution in [1.29, 1.82) is 0 Å². The summed E-state index contributed by atoms with van der Waals surface area (Å²) in [7, 11) is 0. The number of aliphatic hydroxyl groups excluding tert-OH is 4. The van der Waals surface area contributed by atoms with Crippen LogP contribution in [0.4, 0.5) is 0 Å². The van der Waals surface area contributed by atoms with Crippen LogP contribution in [0, 0.1) is 12.3 Å². The molecule has 1 fully saturated rings. The highest BCUT2D eigenvalue weighted by atomic mass is 16.7. The molecule has 5 atom stereocenters. The van der Waals surface area contributed by atoms with Gasteiger partial charge >= 0.3 is 0 Å². The van der Waals surface area contributed by atoms with Gasteiger partial charge in [0.1, 0.15) is 31.0 Å². The molecule has 1 heterocycles. The fourth-order valence-corrected chi connectivity index (χ4v) is 2.00. The maximum Gasteiger partial charge on any atom is 0.186 e. The predicted octanol–water partition coefficient (Wildman–Crippen LogP) is -2.51. The van der Waals surface area contributed by atoms with Crippen LogP contribution < -0.4 is 0 Å². The lowest BCUT2D eigenvalue weighted by Gasteiger charge is -2.39. The number of ether oxygens (including phenoxy) is 5. The number of terminal acetylenes is 1. The molecule has 24 heavy (non-hydrogen) atoms. The Morgan fingerprint density at radius 2 is 1.42 bits per heavy atom. The van der Waals surface area contributed by atoms with Crippen molar-refractivity contribution in [3.8, 4) is 12.3 Å². The first-order chi connectivity index (χ1) is 11.6. The van der Waals surface area contributed by atoms with Gasteiger partial charge < -0.3 is 44.1 Å². The fraction of sp³-hybridized carbons (Fsp3) is 0.867. The predicted molar refractivity (Wildman–Crippen MR) is 81.0 cm³/mol. The van der Waals surface area contributed by atoms with Gasteiger partial charge in [-0.3, -0.25) is 0 Å². The van der Waals surface area contributed by atoms with E-state index in [9.17, 15) is 15.3 Å². The van der Waals surface area contributed by atoms with Crippen LogP contribution in [0.25, 0.3) is 0 Å². The van der Waals surface area contributed by atoms with Gasteiger partial charge in [0.15, 0.2) is 6.29 Å². The van der Waals surface area contributed by atoms with Gasteiger partial charge in [0.25, 0.3) is 0 Å². The summed E-state index contributed by atoms with van der Waals surface area (Å²) in [6.45, 7) is 1.68. The number of hydrogen-bond acceptors (Lipinski definition) is 9. The maximum absolute atomic E-state index is 9.76. The Hall–Kier alpha value is -0.800. The van der Waals surface area contributed by atoms with Crippen LogP contribution in [0.15, 0.2) is 0 Å². The van der Waals surface area contributed by atoms with Crippen molar-refractivity contribution >= 4 is 0 Å². The normalized spacial score (nSPS) is 30.2. The third kappa shape index (κ3) is 7.40. The molecule has 0 aromatic carbocycles. The third-order valence-electron chi connectivity index (χ3n) is 3.29. The second-order valence-electron chi connectivity index (χ2n) is 5.05. The minimum Gasteiger partial charge on any atom is -0.394 e. The van der Waals surface area contributed by atoms with Crippen LogP contribution in [0.3, 0.4) is 0 Å². The molecule has 1 aliphatic heterocycles. The first-order valence-corrected chi connectivity index (χ1v) is 7.70. The zero-order chi connectivity index (χ0) is 17.8. The van der Waals surface area contributed by atoms with Crippen LogP contribution in [0.5, 0.6) is 0 Å². The molecule has 1 aliphatic rings. The zero-order valence-corrected chi connectivity index (χ0v) is 13.5. The number of aliphatic hydroxyl groups is 4. The molecule has 2 unspecified atom stereocenters. The molecule has 9 nitrogen and oxygen atoms in total. The highest BCUT2D eigenvalue weighted by Gasteiger charge is 2.43. The van der Waals surface area contributed by atoms with Gasteiger partial charge in [-0.1, -0.05) is 5.92 Å². The summed E-state index contributed by atoms with van der Waals surface area (Å²) in [6.07, 6.45) is -1.37. The van der Waals surface area contributed by atoms with Crippen molar-refractivity contribution in [2.24, 2.45) is 0 Å². The Kier molecular flexibility index (Phi) is 11.1. The van der Waals surface area contributed by atoms with E-state index in [-0.39, 0.29) is 19.8 Å². The van der Waals surface area contributed by atoms with E-state index in [1.165, 1.54) is 0 Å². The lowest BCUT2D eigenvalue weighted by molar-refractivity contribution is -0.302. The van der Waals surface area contributed by atoms with Crippen molar-refractivity contribution in [2.45, 2.75) is 30.7 Å². The summed E-state index contributed by atoms with van der Waals surface area (Å²) in [5, 5.41) is 38.0. The molecule has 0 radical (unpaired) electrons. The van der Waals surface area contributed by atoms with E-state index in [1.807, 2.05) is 0 Å². The Labute approximate surface area is 141 Å². The molecule has 0 saturated carbocycles. The van der Waals surface area contributed by atoms with Gasteiger partial charge in [-0.15, -0.1) is 6.42 Å². The lowest BCUT2D eigenvalue weighted by atomic mass is 9.99.